The lowest BCUT2D eigenvalue weighted by Crippen LogP contribution is -1.77. The average Bonchev–Trinajstić information content (AvgIpc) is 3.42. The third-order valence-electron chi connectivity index (χ3n) is 4.85. The van der Waals surface area contributed by atoms with Crippen LogP contribution in [0.2, 0.25) is 0 Å². The SMILES string of the molecule is [c]1c(-c2nc3ccccc3[nH]2)oc2cccc(-c3csc4ccccc34)c12. The van der Waals surface area contributed by atoms with Gasteiger partial charge in [-0.25, -0.2) is 4.98 Å². The van der Waals surface area contributed by atoms with Crippen molar-refractivity contribution in [2.75, 3.05) is 0 Å². The van der Waals surface area contributed by atoms with Crippen LogP contribution in [0.1, 0.15) is 0 Å². The zero-order valence-electron chi connectivity index (χ0n) is 14.2. The van der Waals surface area contributed by atoms with E-state index in [0.29, 0.717) is 11.6 Å². The summed E-state index contributed by atoms with van der Waals surface area (Å²) in [7, 11) is 0. The molecule has 3 nitrogen and oxygen atoms in total. The molecule has 0 saturated heterocycles. The van der Waals surface area contributed by atoms with Gasteiger partial charge in [0.2, 0.25) is 0 Å². The number of fused-ring (bicyclic) bond motifs is 3. The van der Waals surface area contributed by atoms with E-state index in [9.17, 15) is 0 Å². The molecule has 3 aromatic heterocycles. The first kappa shape index (κ1) is 14.8. The molecule has 0 aliphatic carbocycles. The highest BCUT2D eigenvalue weighted by molar-refractivity contribution is 7.17. The van der Waals surface area contributed by atoms with Crippen molar-refractivity contribution in [2.45, 2.75) is 0 Å². The number of aromatic amines is 1. The molecule has 0 aliphatic rings. The van der Waals surface area contributed by atoms with Crippen molar-refractivity contribution < 1.29 is 4.42 Å². The van der Waals surface area contributed by atoms with Crippen LogP contribution in [0, 0.1) is 6.07 Å². The molecule has 0 atom stereocenters. The van der Waals surface area contributed by atoms with Crippen LogP contribution in [0.15, 0.2) is 76.5 Å². The minimum Gasteiger partial charge on any atom is -0.452 e. The number of rotatable bonds is 2. The van der Waals surface area contributed by atoms with Crippen LogP contribution < -0.4 is 0 Å². The highest BCUT2D eigenvalue weighted by Crippen LogP contribution is 2.39. The van der Waals surface area contributed by atoms with Gasteiger partial charge in [-0.05, 0) is 35.2 Å². The van der Waals surface area contributed by atoms with Crippen LogP contribution in [0.3, 0.4) is 0 Å². The van der Waals surface area contributed by atoms with Crippen LogP contribution >= 0.6 is 11.3 Å². The van der Waals surface area contributed by atoms with E-state index in [-0.39, 0.29) is 0 Å². The number of nitrogens with zero attached hydrogens (tertiary/aromatic N) is 1. The van der Waals surface area contributed by atoms with Gasteiger partial charge in [-0.3, -0.25) is 0 Å². The lowest BCUT2D eigenvalue weighted by molar-refractivity contribution is 0.626. The molecule has 3 aromatic carbocycles. The molecule has 1 radical (unpaired) electrons. The van der Waals surface area contributed by atoms with Gasteiger partial charge in [-0.1, -0.05) is 42.5 Å². The molecule has 0 amide bonds. The molecule has 6 aromatic rings. The maximum absolute atomic E-state index is 6.09. The Balaban J connectivity index is 1.57. The number of hydrogen-bond donors (Lipinski definition) is 1. The summed E-state index contributed by atoms with van der Waals surface area (Å²) in [6.45, 7) is 0. The number of nitrogens with one attached hydrogen (secondary N) is 1. The van der Waals surface area contributed by atoms with E-state index in [4.69, 9.17) is 4.42 Å². The number of H-pyrrole nitrogens is 1. The van der Waals surface area contributed by atoms with Crippen LogP contribution in [0.4, 0.5) is 0 Å². The molecule has 27 heavy (non-hydrogen) atoms. The summed E-state index contributed by atoms with van der Waals surface area (Å²) in [6, 6.07) is 26.0. The number of aromatic nitrogens is 2. The largest absolute Gasteiger partial charge is 0.452 e. The summed E-state index contributed by atoms with van der Waals surface area (Å²) in [5, 5.41) is 4.45. The number of benzene rings is 3. The Morgan fingerprint density at radius 3 is 2.74 bits per heavy atom. The summed E-state index contributed by atoms with van der Waals surface area (Å²) < 4.78 is 7.37. The second-order valence-electron chi connectivity index (χ2n) is 6.48. The normalized spacial score (nSPS) is 11.7. The van der Waals surface area contributed by atoms with Crippen LogP contribution in [-0.2, 0) is 0 Å². The van der Waals surface area contributed by atoms with Gasteiger partial charge in [0.25, 0.3) is 0 Å². The first-order valence-corrected chi connectivity index (χ1v) is 9.61. The second-order valence-corrected chi connectivity index (χ2v) is 7.39. The van der Waals surface area contributed by atoms with Crippen molar-refractivity contribution in [1.82, 2.24) is 9.97 Å². The van der Waals surface area contributed by atoms with Crippen molar-refractivity contribution in [3.05, 3.63) is 78.2 Å². The molecule has 0 bridgehead atoms. The standard InChI is InChI=1S/C23H13N2OS/c1-4-11-22-15(6-1)17(13-27-22)14-7-5-10-20-16(14)12-21(26-20)23-24-18-8-2-3-9-19(18)25-23/h1-11,13H,(H,24,25). The molecule has 3 heterocycles. The summed E-state index contributed by atoms with van der Waals surface area (Å²) in [4.78, 5) is 7.96. The predicted molar refractivity (Wildman–Crippen MR) is 111 cm³/mol. The first-order chi connectivity index (χ1) is 13.4. The number of hydrogen-bond acceptors (Lipinski definition) is 3. The van der Waals surface area contributed by atoms with Crippen molar-refractivity contribution in [3.63, 3.8) is 0 Å². The Kier molecular flexibility index (Phi) is 3.04. The first-order valence-electron chi connectivity index (χ1n) is 8.73. The van der Waals surface area contributed by atoms with E-state index in [1.165, 1.54) is 15.6 Å². The molecule has 6 rings (SSSR count). The Morgan fingerprint density at radius 2 is 1.78 bits per heavy atom. The monoisotopic (exact) mass is 365 g/mol. The lowest BCUT2D eigenvalue weighted by Gasteiger charge is -2.01. The van der Waals surface area contributed by atoms with Crippen molar-refractivity contribution in [3.8, 4) is 22.7 Å². The Labute approximate surface area is 158 Å². The topological polar surface area (TPSA) is 41.8 Å². The highest BCUT2D eigenvalue weighted by Gasteiger charge is 2.16. The van der Waals surface area contributed by atoms with E-state index in [2.05, 4.69) is 51.7 Å². The van der Waals surface area contributed by atoms with Crippen LogP contribution in [0.25, 0.3) is 54.8 Å². The van der Waals surface area contributed by atoms with Gasteiger partial charge in [-0.2, -0.15) is 0 Å². The predicted octanol–water partition coefficient (Wildman–Crippen LogP) is 6.66. The molecular formula is C23H13N2OS. The van der Waals surface area contributed by atoms with Gasteiger partial charge in [0.1, 0.15) is 5.58 Å². The maximum Gasteiger partial charge on any atom is 0.178 e. The molecule has 0 fully saturated rings. The molecule has 4 heteroatoms. The quantitative estimate of drug-likeness (QED) is 0.373. The third kappa shape index (κ3) is 2.24. The number of para-hydroxylation sites is 2. The highest BCUT2D eigenvalue weighted by atomic mass is 32.1. The fraction of sp³-hybridized carbons (Fsp3) is 0. The average molecular weight is 365 g/mol. The lowest BCUT2D eigenvalue weighted by atomic mass is 10.0. The molecule has 0 unspecified atom stereocenters. The summed E-state index contributed by atoms with van der Waals surface area (Å²) in [5.74, 6) is 1.33. The zero-order chi connectivity index (χ0) is 17.8. The molecular weight excluding hydrogens is 352 g/mol. The Morgan fingerprint density at radius 1 is 0.889 bits per heavy atom. The Bertz CT molecular complexity index is 1400. The number of thiophene rings is 1. The zero-order valence-corrected chi connectivity index (χ0v) is 15.0. The van der Waals surface area contributed by atoms with E-state index in [0.717, 1.165) is 27.6 Å². The second kappa shape index (κ2) is 5.56. The summed E-state index contributed by atoms with van der Waals surface area (Å²) in [5.41, 5.74) is 5.08. The minimum atomic E-state index is 0.633. The van der Waals surface area contributed by atoms with Crippen molar-refractivity contribution in [2.24, 2.45) is 0 Å². The van der Waals surface area contributed by atoms with E-state index < -0.39 is 0 Å². The summed E-state index contributed by atoms with van der Waals surface area (Å²) in [6.07, 6.45) is 0. The molecule has 0 aliphatic heterocycles. The van der Waals surface area contributed by atoms with Crippen LogP contribution in [0.5, 0.6) is 0 Å². The summed E-state index contributed by atoms with van der Waals surface area (Å²) >= 11 is 1.76. The number of imidazole rings is 1. The maximum atomic E-state index is 6.09. The molecule has 0 saturated carbocycles. The van der Waals surface area contributed by atoms with Gasteiger partial charge in [0.05, 0.1) is 11.0 Å². The van der Waals surface area contributed by atoms with Crippen LogP contribution in [-0.4, -0.2) is 9.97 Å². The van der Waals surface area contributed by atoms with Gasteiger partial charge < -0.3 is 9.40 Å². The van der Waals surface area contributed by atoms with E-state index in [1.807, 2.05) is 36.4 Å². The van der Waals surface area contributed by atoms with Gasteiger partial charge in [0, 0.05) is 27.1 Å². The number of furan rings is 1. The third-order valence-corrected chi connectivity index (χ3v) is 5.82. The van der Waals surface area contributed by atoms with Gasteiger partial charge >= 0.3 is 0 Å². The molecule has 127 valence electrons. The molecule has 1 N–H and O–H groups in total. The molecule has 0 spiro atoms. The van der Waals surface area contributed by atoms with Crippen molar-refractivity contribution in [1.29, 1.82) is 0 Å². The van der Waals surface area contributed by atoms with Crippen molar-refractivity contribution >= 4 is 43.4 Å². The minimum absolute atomic E-state index is 0.633. The Hall–Kier alpha value is -3.37. The fourth-order valence-electron chi connectivity index (χ4n) is 3.57. The van der Waals surface area contributed by atoms with E-state index >= 15 is 0 Å². The van der Waals surface area contributed by atoms with E-state index in [1.54, 1.807) is 11.3 Å². The van der Waals surface area contributed by atoms with Gasteiger partial charge in [-0.15, -0.1) is 11.3 Å². The fourth-order valence-corrected chi connectivity index (χ4v) is 4.53. The van der Waals surface area contributed by atoms with Gasteiger partial charge in [0.15, 0.2) is 11.6 Å². The smallest absolute Gasteiger partial charge is 0.178 e.